The molecule has 0 heterocycles. The number of hydrogen-bond donors (Lipinski definition) is 0. The first-order valence-electron chi connectivity index (χ1n) is 13.3. The van der Waals surface area contributed by atoms with Crippen LogP contribution in [0.4, 0.5) is 8.78 Å². The summed E-state index contributed by atoms with van der Waals surface area (Å²) in [6.45, 7) is 4.42. The molecule has 3 aromatic carbocycles. The van der Waals surface area contributed by atoms with E-state index in [4.69, 9.17) is 0 Å². The molecule has 0 bridgehead atoms. The number of benzene rings is 3. The third kappa shape index (κ3) is 7.52. The van der Waals surface area contributed by atoms with Gasteiger partial charge in [0.2, 0.25) is 0 Å². The van der Waals surface area contributed by atoms with E-state index in [2.05, 4.69) is 38.1 Å². The first-order chi connectivity index (χ1) is 16.6. The molecule has 2 heteroatoms. The van der Waals surface area contributed by atoms with Gasteiger partial charge in [-0.2, -0.15) is 0 Å². The third-order valence-electron chi connectivity index (χ3n) is 6.76. The van der Waals surface area contributed by atoms with Crippen molar-refractivity contribution in [2.45, 2.75) is 90.9 Å². The van der Waals surface area contributed by atoms with Gasteiger partial charge in [-0.15, -0.1) is 0 Å². The second kappa shape index (κ2) is 14.0. The molecule has 0 spiro atoms. The van der Waals surface area contributed by atoms with Crippen molar-refractivity contribution in [2.75, 3.05) is 0 Å². The van der Waals surface area contributed by atoms with Gasteiger partial charge < -0.3 is 0 Å². The first kappa shape index (κ1) is 26.1. The molecule has 34 heavy (non-hydrogen) atoms. The fraction of sp³-hybridized carbons (Fsp3) is 0.438. The van der Waals surface area contributed by atoms with Crippen molar-refractivity contribution in [3.63, 3.8) is 0 Å². The molecule has 0 unspecified atom stereocenters. The molecule has 3 aromatic rings. The van der Waals surface area contributed by atoms with Crippen molar-refractivity contribution < 1.29 is 8.78 Å². The van der Waals surface area contributed by atoms with E-state index >= 15 is 0 Å². The minimum Gasteiger partial charge on any atom is -0.203 e. The maximum atomic E-state index is 14.8. The Morgan fingerprint density at radius 3 is 1.56 bits per heavy atom. The highest BCUT2D eigenvalue weighted by molar-refractivity contribution is 5.71. The van der Waals surface area contributed by atoms with Crippen molar-refractivity contribution in [2.24, 2.45) is 0 Å². The minimum atomic E-state index is -0.734. The van der Waals surface area contributed by atoms with E-state index in [1.807, 2.05) is 24.3 Å². The number of unbranched alkanes of at least 4 members (excludes halogenated alkanes) is 8. The molecular weight excluding hydrogens is 422 g/mol. The second-order valence-corrected chi connectivity index (χ2v) is 9.50. The molecule has 0 saturated carbocycles. The molecule has 182 valence electrons. The fourth-order valence-corrected chi connectivity index (χ4v) is 4.56. The van der Waals surface area contributed by atoms with Gasteiger partial charge in [0, 0.05) is 5.56 Å². The molecule has 0 aliphatic carbocycles. The van der Waals surface area contributed by atoms with Crippen LogP contribution in [0.3, 0.4) is 0 Å². The zero-order valence-electron chi connectivity index (χ0n) is 21.0. The quantitative estimate of drug-likeness (QED) is 0.209. The van der Waals surface area contributed by atoms with E-state index in [1.54, 1.807) is 12.1 Å². The molecule has 0 aliphatic heterocycles. The Morgan fingerprint density at radius 2 is 0.971 bits per heavy atom. The van der Waals surface area contributed by atoms with Gasteiger partial charge in [-0.05, 0) is 53.5 Å². The van der Waals surface area contributed by atoms with Crippen LogP contribution in [0.2, 0.25) is 0 Å². The van der Waals surface area contributed by atoms with Crippen LogP contribution >= 0.6 is 0 Å². The van der Waals surface area contributed by atoms with E-state index in [-0.39, 0.29) is 0 Å². The summed E-state index contributed by atoms with van der Waals surface area (Å²) >= 11 is 0. The average Bonchev–Trinajstić information content (AvgIpc) is 2.87. The van der Waals surface area contributed by atoms with Crippen molar-refractivity contribution >= 4 is 0 Å². The topological polar surface area (TPSA) is 0 Å². The first-order valence-corrected chi connectivity index (χ1v) is 13.3. The number of halogens is 2. The van der Waals surface area contributed by atoms with Crippen molar-refractivity contribution in [3.05, 3.63) is 83.4 Å². The van der Waals surface area contributed by atoms with Gasteiger partial charge in [0.1, 0.15) is 0 Å². The summed E-state index contributed by atoms with van der Waals surface area (Å²) in [6, 6.07) is 20.0. The summed E-state index contributed by atoms with van der Waals surface area (Å²) in [4.78, 5) is 0. The molecular formula is C32H40F2. The summed E-state index contributed by atoms with van der Waals surface area (Å²) in [5.41, 5.74) is 5.13. The standard InChI is InChI=1S/C32H40F2/c1-3-5-7-9-11-13-25-15-17-26(18-16-25)27-19-21-28(22-20-27)30-24-23-29(31(33)32(30)34)14-12-10-8-6-4-2/h15-24H,3-14H2,1-2H3. The maximum Gasteiger partial charge on any atom is 0.166 e. The molecule has 0 saturated heterocycles. The Hall–Kier alpha value is -2.48. The van der Waals surface area contributed by atoms with Crippen LogP contribution in [0.1, 0.15) is 89.2 Å². The van der Waals surface area contributed by atoms with Crippen LogP contribution in [0.25, 0.3) is 22.3 Å². The average molecular weight is 463 g/mol. The van der Waals surface area contributed by atoms with E-state index in [1.165, 1.54) is 50.5 Å². The minimum absolute atomic E-state index is 0.331. The molecule has 0 atom stereocenters. The Kier molecular flexibility index (Phi) is 10.8. The van der Waals surface area contributed by atoms with Gasteiger partial charge in [0.05, 0.1) is 0 Å². The second-order valence-electron chi connectivity index (χ2n) is 9.50. The SMILES string of the molecule is CCCCCCCc1ccc(-c2ccc(-c3ccc(CCCCCCC)c(F)c3F)cc2)cc1. The van der Waals surface area contributed by atoms with E-state index in [0.29, 0.717) is 23.1 Å². The summed E-state index contributed by atoms with van der Waals surface area (Å²) < 4.78 is 29.5. The Morgan fingerprint density at radius 1 is 0.471 bits per heavy atom. The highest BCUT2D eigenvalue weighted by Crippen LogP contribution is 2.30. The lowest BCUT2D eigenvalue weighted by molar-refractivity contribution is 0.497. The molecule has 0 amide bonds. The van der Waals surface area contributed by atoms with Crippen molar-refractivity contribution in [1.82, 2.24) is 0 Å². The van der Waals surface area contributed by atoms with Gasteiger partial charge in [-0.3, -0.25) is 0 Å². The molecule has 0 radical (unpaired) electrons. The predicted molar refractivity (Wildman–Crippen MR) is 142 cm³/mol. The molecule has 0 aromatic heterocycles. The Bertz CT molecular complexity index is 987. The van der Waals surface area contributed by atoms with Gasteiger partial charge in [-0.25, -0.2) is 8.78 Å². The highest BCUT2D eigenvalue weighted by Gasteiger charge is 2.14. The van der Waals surface area contributed by atoms with Crippen molar-refractivity contribution in [3.8, 4) is 22.3 Å². The van der Waals surface area contributed by atoms with Gasteiger partial charge >= 0.3 is 0 Å². The van der Waals surface area contributed by atoms with Crippen molar-refractivity contribution in [1.29, 1.82) is 0 Å². The molecule has 0 N–H and O–H groups in total. The monoisotopic (exact) mass is 462 g/mol. The van der Waals surface area contributed by atoms with Gasteiger partial charge in [-0.1, -0.05) is 126 Å². The third-order valence-corrected chi connectivity index (χ3v) is 6.76. The van der Waals surface area contributed by atoms with Crippen LogP contribution in [0.5, 0.6) is 0 Å². The Balaban J connectivity index is 1.61. The van der Waals surface area contributed by atoms with E-state index < -0.39 is 11.6 Å². The molecule has 0 aliphatic rings. The maximum absolute atomic E-state index is 14.8. The lowest BCUT2D eigenvalue weighted by Crippen LogP contribution is -1.98. The normalized spacial score (nSPS) is 11.2. The van der Waals surface area contributed by atoms with Crippen LogP contribution in [0, 0.1) is 11.6 Å². The zero-order chi connectivity index (χ0) is 24.2. The van der Waals surface area contributed by atoms with Crippen LogP contribution < -0.4 is 0 Å². The predicted octanol–water partition coefficient (Wildman–Crippen LogP) is 10.3. The Labute approximate surface area is 205 Å². The molecule has 0 nitrogen and oxygen atoms in total. The summed E-state index contributed by atoms with van der Waals surface area (Å²) in [5.74, 6) is -1.43. The number of hydrogen-bond acceptors (Lipinski definition) is 0. The molecule has 0 fully saturated rings. The van der Waals surface area contributed by atoms with Crippen LogP contribution in [-0.2, 0) is 12.8 Å². The van der Waals surface area contributed by atoms with Crippen LogP contribution in [-0.4, -0.2) is 0 Å². The molecule has 3 rings (SSSR count). The van der Waals surface area contributed by atoms with Crippen LogP contribution in [0.15, 0.2) is 60.7 Å². The van der Waals surface area contributed by atoms with E-state index in [0.717, 1.165) is 36.8 Å². The van der Waals surface area contributed by atoms with Gasteiger partial charge in [0.25, 0.3) is 0 Å². The lowest BCUT2D eigenvalue weighted by atomic mass is 9.96. The number of rotatable bonds is 14. The summed E-state index contributed by atoms with van der Waals surface area (Å²) in [7, 11) is 0. The van der Waals surface area contributed by atoms with E-state index in [9.17, 15) is 8.78 Å². The van der Waals surface area contributed by atoms with Gasteiger partial charge in [0.15, 0.2) is 11.6 Å². The summed E-state index contributed by atoms with van der Waals surface area (Å²) in [6.07, 6.45) is 13.7. The lowest BCUT2D eigenvalue weighted by Gasteiger charge is -2.10. The number of aryl methyl sites for hydroxylation is 2. The zero-order valence-corrected chi connectivity index (χ0v) is 21.0. The largest absolute Gasteiger partial charge is 0.203 e. The summed E-state index contributed by atoms with van der Waals surface area (Å²) in [5, 5.41) is 0. The smallest absolute Gasteiger partial charge is 0.166 e. The highest BCUT2D eigenvalue weighted by atomic mass is 19.2. The fourth-order valence-electron chi connectivity index (χ4n) is 4.56.